The molecule has 1 aromatic heterocycles. The van der Waals surface area contributed by atoms with E-state index in [0.29, 0.717) is 11.5 Å². The molecule has 0 amide bonds. The van der Waals surface area contributed by atoms with E-state index in [1.165, 1.54) is 6.33 Å². The summed E-state index contributed by atoms with van der Waals surface area (Å²) in [7, 11) is 0. The van der Waals surface area contributed by atoms with Crippen molar-refractivity contribution in [3.63, 3.8) is 0 Å². The Bertz CT molecular complexity index is 724. The molecular formula is C15H13N3O2. The summed E-state index contributed by atoms with van der Waals surface area (Å²) in [5.74, 6) is 1.11. The van der Waals surface area contributed by atoms with E-state index in [1.807, 2.05) is 37.3 Å². The molecule has 5 nitrogen and oxygen atoms in total. The van der Waals surface area contributed by atoms with Gasteiger partial charge in [0.25, 0.3) is 0 Å². The van der Waals surface area contributed by atoms with Crippen molar-refractivity contribution in [2.24, 2.45) is 0 Å². The summed E-state index contributed by atoms with van der Waals surface area (Å²) >= 11 is 0. The molecule has 2 aromatic carbocycles. The number of benzene rings is 2. The summed E-state index contributed by atoms with van der Waals surface area (Å²) in [6.45, 7) is 1.91. The van der Waals surface area contributed by atoms with E-state index in [0.717, 1.165) is 11.3 Å². The second kappa shape index (κ2) is 5.05. The predicted molar refractivity (Wildman–Crippen MR) is 74.3 cm³/mol. The summed E-state index contributed by atoms with van der Waals surface area (Å²) in [4.78, 5) is 3.92. The third-order valence-corrected chi connectivity index (χ3v) is 2.87. The van der Waals surface area contributed by atoms with Crippen LogP contribution in [0.4, 0.5) is 0 Å². The van der Waals surface area contributed by atoms with Crippen LogP contribution in [0.1, 0.15) is 5.56 Å². The van der Waals surface area contributed by atoms with E-state index >= 15 is 0 Å². The average Bonchev–Trinajstić information content (AvgIpc) is 2.96. The maximum absolute atomic E-state index is 9.91. The van der Waals surface area contributed by atoms with E-state index < -0.39 is 0 Å². The van der Waals surface area contributed by atoms with Crippen LogP contribution in [0.15, 0.2) is 55.1 Å². The Morgan fingerprint density at radius 3 is 2.70 bits per heavy atom. The molecule has 3 aromatic rings. The van der Waals surface area contributed by atoms with Crippen LogP contribution in [-0.2, 0) is 0 Å². The van der Waals surface area contributed by atoms with Crippen molar-refractivity contribution in [3.8, 4) is 22.9 Å². The van der Waals surface area contributed by atoms with Crippen LogP contribution < -0.4 is 4.74 Å². The lowest BCUT2D eigenvalue weighted by Crippen LogP contribution is -1.98. The first-order chi connectivity index (χ1) is 9.74. The molecule has 0 bridgehead atoms. The number of aromatic hydroxyl groups is 1. The summed E-state index contributed by atoms with van der Waals surface area (Å²) in [5.41, 5.74) is 1.73. The zero-order valence-electron chi connectivity index (χ0n) is 10.9. The summed E-state index contributed by atoms with van der Waals surface area (Å²) in [6.07, 6.45) is 3.05. The van der Waals surface area contributed by atoms with Gasteiger partial charge in [-0.2, -0.15) is 5.10 Å². The highest BCUT2D eigenvalue weighted by atomic mass is 16.5. The second-order valence-electron chi connectivity index (χ2n) is 4.38. The Balaban J connectivity index is 1.99. The molecule has 5 heteroatoms. The van der Waals surface area contributed by atoms with E-state index in [4.69, 9.17) is 4.74 Å². The van der Waals surface area contributed by atoms with Crippen LogP contribution >= 0.6 is 0 Å². The Hall–Kier alpha value is -2.82. The van der Waals surface area contributed by atoms with Gasteiger partial charge in [0.15, 0.2) is 17.2 Å². The fourth-order valence-electron chi connectivity index (χ4n) is 1.90. The van der Waals surface area contributed by atoms with Crippen molar-refractivity contribution < 1.29 is 9.84 Å². The largest absolute Gasteiger partial charge is 0.504 e. The van der Waals surface area contributed by atoms with Gasteiger partial charge < -0.3 is 9.84 Å². The van der Waals surface area contributed by atoms with Gasteiger partial charge in [0.1, 0.15) is 18.3 Å². The fraction of sp³-hybridized carbons (Fsp3) is 0.0667. The summed E-state index contributed by atoms with van der Waals surface area (Å²) in [5, 5.41) is 14.0. The van der Waals surface area contributed by atoms with Crippen LogP contribution in [0.3, 0.4) is 0 Å². The summed E-state index contributed by atoms with van der Waals surface area (Å²) < 4.78 is 7.39. The number of hydrogen-bond donors (Lipinski definition) is 1. The van der Waals surface area contributed by atoms with E-state index in [2.05, 4.69) is 10.1 Å². The van der Waals surface area contributed by atoms with Crippen molar-refractivity contribution in [1.82, 2.24) is 14.8 Å². The van der Waals surface area contributed by atoms with Gasteiger partial charge in [-0.15, -0.1) is 0 Å². The van der Waals surface area contributed by atoms with Gasteiger partial charge in [0.05, 0.1) is 0 Å². The number of phenolic OH excluding ortho intramolecular Hbond substituents is 1. The first-order valence-electron chi connectivity index (χ1n) is 6.15. The van der Waals surface area contributed by atoms with Crippen molar-refractivity contribution in [1.29, 1.82) is 0 Å². The molecule has 0 unspecified atom stereocenters. The lowest BCUT2D eigenvalue weighted by molar-refractivity contribution is 0.409. The third-order valence-electron chi connectivity index (χ3n) is 2.87. The van der Waals surface area contributed by atoms with Crippen LogP contribution in [-0.4, -0.2) is 19.9 Å². The van der Waals surface area contributed by atoms with Crippen molar-refractivity contribution in [3.05, 3.63) is 60.7 Å². The van der Waals surface area contributed by atoms with Gasteiger partial charge in [0, 0.05) is 0 Å². The van der Waals surface area contributed by atoms with Gasteiger partial charge in [-0.3, -0.25) is 0 Å². The highest BCUT2D eigenvalue weighted by Crippen LogP contribution is 2.33. The van der Waals surface area contributed by atoms with Crippen LogP contribution in [0.2, 0.25) is 0 Å². The number of phenols is 1. The molecule has 3 rings (SSSR count). The molecule has 0 aliphatic rings. The molecule has 1 heterocycles. The van der Waals surface area contributed by atoms with E-state index in [1.54, 1.807) is 23.1 Å². The zero-order chi connectivity index (χ0) is 13.9. The fourth-order valence-corrected chi connectivity index (χ4v) is 1.90. The smallest absolute Gasteiger partial charge is 0.169 e. The normalized spacial score (nSPS) is 10.4. The number of rotatable bonds is 3. The highest BCUT2D eigenvalue weighted by Gasteiger charge is 2.09. The number of nitrogens with zero attached hydrogens (tertiary/aromatic N) is 3. The van der Waals surface area contributed by atoms with Gasteiger partial charge in [-0.05, 0) is 36.8 Å². The highest BCUT2D eigenvalue weighted by molar-refractivity contribution is 5.50. The van der Waals surface area contributed by atoms with Crippen LogP contribution in [0, 0.1) is 6.92 Å². The maximum Gasteiger partial charge on any atom is 0.169 e. The van der Waals surface area contributed by atoms with Crippen molar-refractivity contribution >= 4 is 0 Å². The lowest BCUT2D eigenvalue weighted by atomic mass is 10.2. The SMILES string of the molecule is Cc1ccc(Oc2ccccc2-n2cncn2)c(O)c1. The third kappa shape index (κ3) is 2.33. The Morgan fingerprint density at radius 1 is 1.10 bits per heavy atom. The Labute approximate surface area is 116 Å². The zero-order valence-corrected chi connectivity index (χ0v) is 10.9. The number of hydrogen-bond acceptors (Lipinski definition) is 4. The maximum atomic E-state index is 9.91. The molecule has 0 saturated heterocycles. The minimum absolute atomic E-state index is 0.110. The average molecular weight is 267 g/mol. The van der Waals surface area contributed by atoms with Crippen LogP contribution in [0.5, 0.6) is 17.2 Å². The number of aromatic nitrogens is 3. The molecule has 0 saturated carbocycles. The minimum atomic E-state index is 0.110. The lowest BCUT2D eigenvalue weighted by Gasteiger charge is -2.12. The number of aryl methyl sites for hydroxylation is 1. The molecule has 0 aliphatic heterocycles. The Kier molecular flexibility index (Phi) is 3.09. The molecule has 0 atom stereocenters. The standard InChI is InChI=1S/C15H13N3O2/c1-11-6-7-15(13(19)8-11)20-14-5-3-2-4-12(14)18-10-16-9-17-18/h2-10,19H,1H3. The molecule has 0 spiro atoms. The van der Waals surface area contributed by atoms with Gasteiger partial charge >= 0.3 is 0 Å². The van der Waals surface area contributed by atoms with Crippen molar-refractivity contribution in [2.45, 2.75) is 6.92 Å². The molecule has 0 fully saturated rings. The van der Waals surface area contributed by atoms with Crippen molar-refractivity contribution in [2.75, 3.05) is 0 Å². The van der Waals surface area contributed by atoms with E-state index in [-0.39, 0.29) is 5.75 Å². The summed E-state index contributed by atoms with van der Waals surface area (Å²) in [6, 6.07) is 12.7. The molecule has 0 radical (unpaired) electrons. The quantitative estimate of drug-likeness (QED) is 0.792. The molecule has 0 aliphatic carbocycles. The van der Waals surface area contributed by atoms with Crippen LogP contribution in [0.25, 0.3) is 5.69 Å². The molecule has 20 heavy (non-hydrogen) atoms. The Morgan fingerprint density at radius 2 is 1.95 bits per heavy atom. The van der Waals surface area contributed by atoms with E-state index in [9.17, 15) is 5.11 Å². The number of ether oxygens (including phenoxy) is 1. The topological polar surface area (TPSA) is 60.2 Å². The number of para-hydroxylation sites is 2. The molecular weight excluding hydrogens is 254 g/mol. The predicted octanol–water partition coefficient (Wildman–Crippen LogP) is 3.07. The van der Waals surface area contributed by atoms with Gasteiger partial charge in [-0.25, -0.2) is 9.67 Å². The van der Waals surface area contributed by atoms with Gasteiger partial charge in [0.2, 0.25) is 0 Å². The minimum Gasteiger partial charge on any atom is -0.504 e. The first kappa shape index (κ1) is 12.2. The first-order valence-corrected chi connectivity index (χ1v) is 6.15. The monoisotopic (exact) mass is 267 g/mol. The van der Waals surface area contributed by atoms with Gasteiger partial charge in [-0.1, -0.05) is 18.2 Å². The second-order valence-corrected chi connectivity index (χ2v) is 4.38. The molecule has 100 valence electrons. The molecule has 1 N–H and O–H groups in total.